The molecular formula is C108H105Cl3F2N30O7. The smallest absolute Gasteiger partial charge is 0.258 e. The molecule has 0 saturated carbocycles. The number of methoxy groups -OCH3 is 1. The lowest BCUT2D eigenvalue weighted by molar-refractivity contribution is 0.398. The number of ether oxygens (including phenoxy) is 1. The molecule has 0 bridgehead atoms. The van der Waals surface area contributed by atoms with Gasteiger partial charge in [0.1, 0.15) is 50.5 Å². The number of hydrogen-bond donors (Lipinski definition) is 7. The zero-order valence-electron chi connectivity index (χ0n) is 82.1. The van der Waals surface area contributed by atoms with Crippen molar-refractivity contribution in [3.63, 3.8) is 0 Å². The molecule has 19 aromatic rings. The number of pyridine rings is 11. The summed E-state index contributed by atoms with van der Waals surface area (Å²) in [5.74, 6) is -0.570. The Kier molecular flexibility index (Phi) is 31.0. The van der Waals surface area contributed by atoms with E-state index >= 15 is 0 Å². The van der Waals surface area contributed by atoms with E-state index in [1.165, 1.54) is 70.8 Å². The van der Waals surface area contributed by atoms with Crippen LogP contribution < -0.4 is 99.4 Å². The molecule has 0 spiro atoms. The fraction of sp³-hybridized carbons (Fsp3) is 0.250. The Bertz CT molecular complexity index is 8270. The van der Waals surface area contributed by atoms with Crippen molar-refractivity contribution in [2.45, 2.75) is 25.9 Å². The summed E-state index contributed by atoms with van der Waals surface area (Å²) in [6.45, 7) is 24.7. The first-order chi connectivity index (χ1) is 73.0. The van der Waals surface area contributed by atoms with Crippen molar-refractivity contribution < 1.29 is 13.5 Å². The predicted octanol–water partition coefficient (Wildman–Crippen LogP) is 11.1. The second-order valence-electron chi connectivity index (χ2n) is 36.7. The lowest BCUT2D eigenvalue weighted by Gasteiger charge is -2.33. The number of hydrogen-bond acceptors (Lipinski definition) is 30. The van der Waals surface area contributed by atoms with Gasteiger partial charge in [-0.15, -0.1) is 0 Å². The molecule has 1 aromatic carbocycles. The van der Waals surface area contributed by atoms with Crippen LogP contribution in [0.1, 0.15) is 13.8 Å². The van der Waals surface area contributed by atoms with E-state index in [2.05, 4.69) is 130 Å². The molecule has 18 aromatic heterocycles. The molecule has 6 fully saturated rings. The number of aromatic amines is 1. The van der Waals surface area contributed by atoms with Crippen molar-refractivity contribution in [2.75, 3.05) is 180 Å². The summed E-state index contributed by atoms with van der Waals surface area (Å²) in [6, 6.07) is 48.9. The molecule has 0 unspecified atom stereocenters. The van der Waals surface area contributed by atoms with Gasteiger partial charge >= 0.3 is 0 Å². The summed E-state index contributed by atoms with van der Waals surface area (Å²) < 4.78 is 41.2. The molecule has 25 rings (SSSR count). The third-order valence-corrected chi connectivity index (χ3v) is 27.1. The van der Waals surface area contributed by atoms with E-state index in [9.17, 15) is 37.5 Å². The van der Waals surface area contributed by atoms with Crippen LogP contribution >= 0.6 is 34.8 Å². The molecule has 0 aliphatic carbocycles. The number of anilines is 6. The van der Waals surface area contributed by atoms with Gasteiger partial charge in [-0.25, -0.2) is 43.7 Å². The second kappa shape index (κ2) is 46.0. The molecule has 0 radical (unpaired) electrons. The highest BCUT2D eigenvalue weighted by atomic mass is 35.5. The van der Waals surface area contributed by atoms with E-state index in [0.717, 1.165) is 218 Å². The van der Waals surface area contributed by atoms with Crippen LogP contribution in [0.5, 0.6) is 5.88 Å². The van der Waals surface area contributed by atoms with Gasteiger partial charge in [0.25, 0.3) is 33.4 Å². The minimum Gasteiger partial charge on any atom is -0.480 e. The van der Waals surface area contributed by atoms with Gasteiger partial charge in [0, 0.05) is 318 Å². The highest BCUT2D eigenvalue weighted by Crippen LogP contribution is 2.32. The van der Waals surface area contributed by atoms with Crippen molar-refractivity contribution >= 4 is 114 Å². The maximum Gasteiger partial charge on any atom is 0.258 e. The van der Waals surface area contributed by atoms with Crippen molar-refractivity contribution in [1.29, 1.82) is 0 Å². The molecule has 37 nitrogen and oxygen atoms in total. The van der Waals surface area contributed by atoms with E-state index in [1.807, 2.05) is 140 Å². The molecule has 6 aliphatic heterocycles. The molecule has 2 atom stereocenters. The fourth-order valence-electron chi connectivity index (χ4n) is 18.7. The van der Waals surface area contributed by atoms with Crippen LogP contribution in [-0.4, -0.2) is 249 Å². The SMILES string of the molecule is COc1ncc(-c2cc(=O)n3cc(N4CCNCC4)ccc3n2)cc1Cl.C[C@H]1CN(c2ccc3nc(-c4cncc(Cl)c4)cc(=O)n3c2)CCN1.C[C@H]1CN(c2ccc3nc(-c4cncc(F)c4)cc(=O)n3c2)CCN1.O=c1cc(-c2ccc3cc[nH]c3c2)nc2ccc(N3CCNCC3)cn12.O=c1cc(-c2cncc(Cl)c2)nc2ccc(N3CCNCC3)cn12.O=c1cc(-c2cncc(F)c2)nc2ccc(N3CCNCC3)cn12. The normalized spacial score (nSPS) is 15.9. The van der Waals surface area contributed by atoms with E-state index in [0.29, 0.717) is 118 Å². The summed E-state index contributed by atoms with van der Waals surface area (Å²) in [4.78, 5) is 139. The summed E-state index contributed by atoms with van der Waals surface area (Å²) in [7, 11) is 1.50. The molecule has 150 heavy (non-hydrogen) atoms. The van der Waals surface area contributed by atoms with Crippen LogP contribution in [-0.2, 0) is 0 Å². The van der Waals surface area contributed by atoms with Gasteiger partial charge < -0.3 is 71.0 Å². The molecule has 42 heteroatoms. The monoisotopic (exact) mass is 2080 g/mol. The Hall–Kier alpha value is -16.2. The van der Waals surface area contributed by atoms with Gasteiger partial charge in [0.05, 0.1) is 97.8 Å². The minimum absolute atomic E-state index is 0.0615. The Balaban J connectivity index is 0.000000109. The maximum absolute atomic E-state index is 13.4. The number of halogens is 5. The maximum atomic E-state index is 13.4. The first kappa shape index (κ1) is 101. The number of piperazine rings is 6. The Labute approximate surface area is 871 Å². The number of rotatable bonds is 13. The lowest BCUT2D eigenvalue weighted by Crippen LogP contribution is -2.49. The first-order valence-corrected chi connectivity index (χ1v) is 50.4. The topological polar surface area (TPSA) is 387 Å². The van der Waals surface area contributed by atoms with E-state index in [4.69, 9.17) is 44.5 Å². The van der Waals surface area contributed by atoms with Crippen molar-refractivity contribution in [2.24, 2.45) is 0 Å². The highest BCUT2D eigenvalue weighted by Gasteiger charge is 2.24. The lowest BCUT2D eigenvalue weighted by atomic mass is 10.1. The van der Waals surface area contributed by atoms with E-state index in [-0.39, 0.29) is 33.4 Å². The number of nitrogens with zero attached hydrogens (tertiary/aromatic N) is 23. The molecule has 6 aliphatic rings. The molecule has 7 N–H and O–H groups in total. The quantitative estimate of drug-likeness (QED) is 0.0564. The Morgan fingerprint density at radius 3 is 0.887 bits per heavy atom. The number of H-pyrrole nitrogens is 1. The van der Waals surface area contributed by atoms with Gasteiger partial charge in [-0.1, -0.05) is 46.9 Å². The number of fused-ring (bicyclic) bond motifs is 7. The number of aromatic nitrogens is 18. The van der Waals surface area contributed by atoms with Gasteiger partial charge in [-0.05, 0) is 134 Å². The van der Waals surface area contributed by atoms with Crippen LogP contribution in [0, 0.1) is 11.6 Å². The predicted molar refractivity (Wildman–Crippen MR) is 583 cm³/mol. The number of nitrogens with one attached hydrogen (secondary N) is 7. The first-order valence-electron chi connectivity index (χ1n) is 49.3. The second-order valence-corrected chi connectivity index (χ2v) is 38.0. The van der Waals surface area contributed by atoms with Crippen molar-refractivity contribution in [1.82, 2.24) is 118 Å². The zero-order chi connectivity index (χ0) is 103. The summed E-state index contributed by atoms with van der Waals surface area (Å²) >= 11 is 18.1. The molecule has 0 amide bonds. The minimum atomic E-state index is -0.456. The third kappa shape index (κ3) is 23.8. The summed E-state index contributed by atoms with van der Waals surface area (Å²) in [5, 5.41) is 22.7. The van der Waals surface area contributed by atoms with Gasteiger partial charge in [-0.2, -0.15) is 0 Å². The fourth-order valence-corrected chi connectivity index (χ4v) is 19.3. The highest BCUT2D eigenvalue weighted by molar-refractivity contribution is 6.32. The van der Waals surface area contributed by atoms with E-state index < -0.39 is 11.6 Å². The molecular weight excluding hydrogens is 1970 g/mol. The van der Waals surface area contributed by atoms with Gasteiger partial charge in [0.2, 0.25) is 5.88 Å². The Morgan fingerprint density at radius 2 is 0.593 bits per heavy atom. The average Bonchev–Trinajstić information content (AvgIpc) is 1.05. The standard InChI is InChI=1S/C20H19N5O.C18H18ClN5O2.C18H18ClN5O.C18H18FN5O.C17H16ClN5O.C17H16FN5O/c26-20-12-18(15-2-1-14-5-6-22-17(14)11-15)23-19-4-3-16(13-25(19)20)24-9-7-21-8-10-24;1-26-18-14(19)8-12(10-21-18)15-9-17(25)24-11-13(2-3-16(24)22-15)23-6-4-20-5-7-23;2*1-12-10-23(5-4-21-12)15-2-3-17-22-16(7-18(25)24(17)11-15)13-6-14(19)9-20-8-13;2*18-13-7-12(9-20-10-13)15-8-17(24)23-11-14(1-2-16(23)21-15)22-5-3-19-4-6-22/h1-6,11-13,21-22H,7-10H2;2-3,8-11,20H,4-7H2,1H3;2*2-3,6-9,11-12,21H,4-5,10H2,1H3;2*1-2,7-11,19H,3-6H2/t;;2*12-;;/m..00../s1. The van der Waals surface area contributed by atoms with E-state index in [1.54, 1.807) is 72.9 Å². The zero-order valence-corrected chi connectivity index (χ0v) is 84.3. The van der Waals surface area contributed by atoms with Crippen LogP contribution in [0.25, 0.3) is 112 Å². The van der Waals surface area contributed by atoms with Crippen LogP contribution in [0.3, 0.4) is 0 Å². The molecule has 24 heterocycles. The third-order valence-electron chi connectivity index (χ3n) is 26.4. The summed E-state index contributed by atoms with van der Waals surface area (Å²) in [5.41, 5.74) is 17.1. The number of benzene rings is 1. The van der Waals surface area contributed by atoms with Gasteiger partial charge in [-0.3, -0.25) is 75.1 Å². The summed E-state index contributed by atoms with van der Waals surface area (Å²) in [6.07, 6.45) is 26.3. The molecule has 6 saturated heterocycles. The van der Waals surface area contributed by atoms with Crippen molar-refractivity contribution in [3.05, 3.63) is 352 Å². The average molecular weight is 2080 g/mol. The molecule has 764 valence electrons. The van der Waals surface area contributed by atoms with Crippen LogP contribution in [0.4, 0.5) is 42.9 Å². The van der Waals surface area contributed by atoms with Crippen molar-refractivity contribution in [3.8, 4) is 73.4 Å². The van der Waals surface area contributed by atoms with Gasteiger partial charge in [0.15, 0.2) is 0 Å². The van der Waals surface area contributed by atoms with Crippen LogP contribution in [0.2, 0.25) is 15.1 Å². The Morgan fingerprint density at radius 1 is 0.307 bits per heavy atom. The largest absolute Gasteiger partial charge is 0.480 e. The van der Waals surface area contributed by atoms with Crippen LogP contribution in [0.15, 0.2) is 292 Å².